The van der Waals surface area contributed by atoms with E-state index >= 15 is 0 Å². The monoisotopic (exact) mass is 500 g/mol. The first kappa shape index (κ1) is 25.1. The number of hydrogen-bond acceptors (Lipinski definition) is 4. The summed E-state index contributed by atoms with van der Waals surface area (Å²) in [5.74, 6) is -1.11. The number of aryl methyl sites for hydroxylation is 2. The Kier molecular flexibility index (Phi) is 7.46. The molecule has 0 fully saturated rings. The molecule has 2 atom stereocenters. The number of benzene rings is 3. The molecule has 182 valence electrons. The molecule has 0 aliphatic carbocycles. The maximum atomic E-state index is 12.0. The van der Waals surface area contributed by atoms with Gasteiger partial charge in [-0.05, 0) is 77.1 Å². The smallest absolute Gasteiger partial charge is 0.335 e. The maximum Gasteiger partial charge on any atom is 0.335 e. The van der Waals surface area contributed by atoms with Crippen LogP contribution >= 0.6 is 11.6 Å². The Labute approximate surface area is 213 Å². The first-order valence-corrected chi connectivity index (χ1v) is 11.8. The Balaban J connectivity index is 1.71. The Morgan fingerprint density at radius 1 is 0.944 bits per heavy atom. The van der Waals surface area contributed by atoms with E-state index in [1.807, 2.05) is 49.4 Å². The van der Waals surface area contributed by atoms with Crippen molar-refractivity contribution in [1.82, 2.24) is 4.57 Å². The molecule has 0 bridgehead atoms. The molecule has 36 heavy (non-hydrogen) atoms. The third-order valence-electron chi connectivity index (χ3n) is 6.47. The lowest BCUT2D eigenvalue weighted by atomic mass is 9.82. The maximum absolute atomic E-state index is 12.0. The van der Waals surface area contributed by atoms with Gasteiger partial charge in [-0.2, -0.15) is 4.91 Å². The Bertz CT molecular complexity index is 1460. The van der Waals surface area contributed by atoms with Crippen molar-refractivity contribution in [3.8, 4) is 11.1 Å². The predicted octanol–water partition coefficient (Wildman–Crippen LogP) is 6.74. The third-order valence-corrected chi connectivity index (χ3v) is 6.70. The highest BCUT2D eigenvalue weighted by atomic mass is 35.5. The standard InChI is InChI=1S/C29H25ClN2O4/c1-18-15-24(30)12-13-25(18)26(16-27(31-36)23-11-14-28(33)32(2)17-23)21-7-3-19(4-8-21)20-5-9-22(10-6-20)29(34)35/h3-15,17,26-27H,16H2,1-2H3,(H,34,35)/t26-,27?/m0/s1. The Morgan fingerprint density at radius 3 is 2.11 bits per heavy atom. The first-order chi connectivity index (χ1) is 17.3. The molecule has 1 aromatic heterocycles. The molecule has 0 saturated heterocycles. The number of aromatic carboxylic acids is 1. The molecule has 0 amide bonds. The molecule has 0 aliphatic heterocycles. The summed E-state index contributed by atoms with van der Waals surface area (Å²) >= 11 is 6.21. The van der Waals surface area contributed by atoms with Gasteiger partial charge in [-0.3, -0.25) is 4.79 Å². The molecule has 1 unspecified atom stereocenters. The minimum absolute atomic E-state index is 0.148. The minimum atomic E-state index is -0.963. The van der Waals surface area contributed by atoms with Gasteiger partial charge in [-0.25, -0.2) is 4.79 Å². The first-order valence-electron chi connectivity index (χ1n) is 11.5. The highest BCUT2D eigenvalue weighted by Gasteiger charge is 2.24. The summed E-state index contributed by atoms with van der Waals surface area (Å²) in [6, 6.07) is 22.9. The summed E-state index contributed by atoms with van der Waals surface area (Å²) in [7, 11) is 1.65. The quantitative estimate of drug-likeness (QED) is 0.271. The van der Waals surface area contributed by atoms with Crippen LogP contribution in [0.1, 0.15) is 51.0 Å². The highest BCUT2D eigenvalue weighted by molar-refractivity contribution is 6.30. The van der Waals surface area contributed by atoms with Crippen molar-refractivity contribution in [3.05, 3.63) is 133 Å². The zero-order valence-electron chi connectivity index (χ0n) is 19.9. The van der Waals surface area contributed by atoms with E-state index in [0.717, 1.165) is 27.8 Å². The molecule has 4 rings (SSSR count). The van der Waals surface area contributed by atoms with Gasteiger partial charge in [0.2, 0.25) is 5.56 Å². The molecule has 0 spiro atoms. The van der Waals surface area contributed by atoms with Crippen LogP contribution in [-0.2, 0) is 7.05 Å². The van der Waals surface area contributed by atoms with Crippen LogP contribution in [0, 0.1) is 11.8 Å². The number of halogens is 1. The summed E-state index contributed by atoms with van der Waals surface area (Å²) < 4.78 is 1.44. The van der Waals surface area contributed by atoms with Gasteiger partial charge in [-0.15, -0.1) is 0 Å². The molecule has 4 aromatic rings. The number of hydrogen-bond donors (Lipinski definition) is 1. The number of aromatic nitrogens is 1. The van der Waals surface area contributed by atoms with Crippen LogP contribution in [0.4, 0.5) is 0 Å². The summed E-state index contributed by atoms with van der Waals surface area (Å²) in [6.07, 6.45) is 2.07. The number of nitrogens with zero attached hydrogens (tertiary/aromatic N) is 2. The molecule has 3 aromatic carbocycles. The highest BCUT2D eigenvalue weighted by Crippen LogP contribution is 2.38. The van der Waals surface area contributed by atoms with E-state index in [4.69, 9.17) is 16.7 Å². The molecule has 0 aliphatic rings. The van der Waals surface area contributed by atoms with Crippen molar-refractivity contribution < 1.29 is 9.90 Å². The van der Waals surface area contributed by atoms with E-state index in [9.17, 15) is 14.5 Å². The molecular formula is C29H25ClN2O4. The third kappa shape index (κ3) is 5.44. The van der Waals surface area contributed by atoms with Gasteiger partial charge in [0, 0.05) is 30.3 Å². The Morgan fingerprint density at radius 2 is 1.56 bits per heavy atom. The van der Waals surface area contributed by atoms with Crippen molar-refractivity contribution >= 4 is 17.6 Å². The fourth-order valence-corrected chi connectivity index (χ4v) is 4.69. The van der Waals surface area contributed by atoms with Gasteiger partial charge in [0.25, 0.3) is 0 Å². The van der Waals surface area contributed by atoms with Gasteiger partial charge < -0.3 is 9.67 Å². The van der Waals surface area contributed by atoms with E-state index in [2.05, 4.69) is 5.18 Å². The van der Waals surface area contributed by atoms with Gasteiger partial charge in [0.15, 0.2) is 0 Å². The van der Waals surface area contributed by atoms with Gasteiger partial charge >= 0.3 is 5.97 Å². The second-order valence-electron chi connectivity index (χ2n) is 8.83. The van der Waals surface area contributed by atoms with Gasteiger partial charge in [-0.1, -0.05) is 59.2 Å². The summed E-state index contributed by atoms with van der Waals surface area (Å²) in [4.78, 5) is 34.9. The number of carboxylic acid groups (broad SMARTS) is 1. The Hall–Kier alpha value is -4.03. The number of nitroso groups, excluding NO2 is 1. The van der Waals surface area contributed by atoms with Crippen molar-refractivity contribution in [1.29, 1.82) is 0 Å². The zero-order chi connectivity index (χ0) is 25.8. The summed E-state index contributed by atoms with van der Waals surface area (Å²) in [5.41, 5.74) is 5.67. The fraction of sp³-hybridized carbons (Fsp3) is 0.172. The van der Waals surface area contributed by atoms with E-state index in [1.54, 1.807) is 43.6 Å². The number of rotatable bonds is 8. The van der Waals surface area contributed by atoms with Crippen LogP contribution < -0.4 is 5.56 Å². The summed E-state index contributed by atoms with van der Waals surface area (Å²) in [6.45, 7) is 1.99. The number of pyridine rings is 1. The normalized spacial score (nSPS) is 12.6. The second kappa shape index (κ2) is 10.7. The second-order valence-corrected chi connectivity index (χ2v) is 9.26. The average molecular weight is 501 g/mol. The molecule has 7 heteroatoms. The van der Waals surface area contributed by atoms with Crippen molar-refractivity contribution in [2.75, 3.05) is 0 Å². The molecule has 0 saturated carbocycles. The molecule has 1 heterocycles. The van der Waals surface area contributed by atoms with E-state index in [1.165, 1.54) is 10.6 Å². The predicted molar refractivity (Wildman–Crippen MR) is 142 cm³/mol. The van der Waals surface area contributed by atoms with Gasteiger partial charge in [0.05, 0.1) is 5.56 Å². The lowest BCUT2D eigenvalue weighted by molar-refractivity contribution is 0.0697. The lowest BCUT2D eigenvalue weighted by Gasteiger charge is -2.23. The fourth-order valence-electron chi connectivity index (χ4n) is 4.46. The van der Waals surface area contributed by atoms with Crippen LogP contribution in [0.2, 0.25) is 5.02 Å². The molecule has 6 nitrogen and oxygen atoms in total. The lowest BCUT2D eigenvalue weighted by Crippen LogP contribution is -2.16. The van der Waals surface area contributed by atoms with Crippen molar-refractivity contribution in [2.24, 2.45) is 12.2 Å². The van der Waals surface area contributed by atoms with Crippen LogP contribution in [-0.4, -0.2) is 15.6 Å². The largest absolute Gasteiger partial charge is 0.478 e. The number of carboxylic acids is 1. The molecular weight excluding hydrogens is 476 g/mol. The van der Waals surface area contributed by atoms with E-state index in [-0.39, 0.29) is 17.0 Å². The SMILES string of the molecule is Cc1cc(Cl)ccc1[C@@H](CC(N=O)c1ccc(=O)n(C)c1)c1ccc(-c2ccc(C(=O)O)cc2)cc1. The van der Waals surface area contributed by atoms with Crippen LogP contribution in [0.25, 0.3) is 11.1 Å². The molecule has 1 N–H and O–H groups in total. The van der Waals surface area contributed by atoms with Crippen molar-refractivity contribution in [3.63, 3.8) is 0 Å². The number of carbonyl (C=O) groups is 1. The van der Waals surface area contributed by atoms with E-state index in [0.29, 0.717) is 17.0 Å². The topological polar surface area (TPSA) is 88.7 Å². The zero-order valence-corrected chi connectivity index (χ0v) is 20.6. The summed E-state index contributed by atoms with van der Waals surface area (Å²) in [5, 5.41) is 13.2. The van der Waals surface area contributed by atoms with Gasteiger partial charge in [0.1, 0.15) is 6.04 Å². The van der Waals surface area contributed by atoms with Crippen LogP contribution in [0.15, 0.2) is 95.0 Å². The minimum Gasteiger partial charge on any atom is -0.478 e. The van der Waals surface area contributed by atoms with Crippen LogP contribution in [0.3, 0.4) is 0 Å². The van der Waals surface area contributed by atoms with Crippen molar-refractivity contribution in [2.45, 2.75) is 25.3 Å². The molecule has 0 radical (unpaired) electrons. The van der Waals surface area contributed by atoms with E-state index < -0.39 is 12.0 Å². The average Bonchev–Trinajstić information content (AvgIpc) is 2.87. The van der Waals surface area contributed by atoms with Crippen LogP contribution in [0.5, 0.6) is 0 Å².